The molecule has 2 unspecified atom stereocenters. The van der Waals surface area contributed by atoms with E-state index in [1.807, 2.05) is 25.3 Å². The van der Waals surface area contributed by atoms with Gasteiger partial charge in [0.25, 0.3) is 0 Å². The molecule has 1 aliphatic rings. The van der Waals surface area contributed by atoms with Gasteiger partial charge in [-0.05, 0) is 44.6 Å². The topological polar surface area (TPSA) is 48.1 Å². The van der Waals surface area contributed by atoms with Gasteiger partial charge in [0.15, 0.2) is 0 Å². The third-order valence-electron chi connectivity index (χ3n) is 3.79. The van der Waals surface area contributed by atoms with Gasteiger partial charge in [-0.1, -0.05) is 13.0 Å². The Labute approximate surface area is 110 Å². The highest BCUT2D eigenvalue weighted by molar-refractivity contribution is 5.14. The molecule has 1 fully saturated rings. The number of nitrogens with zero attached hydrogens (tertiary/aromatic N) is 1. The summed E-state index contributed by atoms with van der Waals surface area (Å²) in [4.78, 5) is 4.16. The van der Waals surface area contributed by atoms with Crippen LogP contribution in [0.15, 0.2) is 24.5 Å². The molecule has 0 spiro atoms. The molecule has 0 aromatic carbocycles. The third-order valence-corrected chi connectivity index (χ3v) is 3.79. The summed E-state index contributed by atoms with van der Waals surface area (Å²) in [5.74, 6) is 0.844. The summed E-state index contributed by atoms with van der Waals surface area (Å²) in [6, 6.07) is 3.98. The summed E-state index contributed by atoms with van der Waals surface area (Å²) in [6.45, 7) is 4.32. The first kappa shape index (κ1) is 13.5. The van der Waals surface area contributed by atoms with Crippen molar-refractivity contribution in [2.75, 3.05) is 0 Å². The van der Waals surface area contributed by atoms with E-state index >= 15 is 0 Å². The quantitative estimate of drug-likeness (QED) is 0.890. The minimum atomic E-state index is -0.0305. The molecule has 1 aliphatic carbocycles. The van der Waals surface area contributed by atoms with Gasteiger partial charge in [-0.15, -0.1) is 0 Å². The lowest BCUT2D eigenvalue weighted by molar-refractivity contribution is -0.0460. The van der Waals surface area contributed by atoms with Gasteiger partial charge in [-0.2, -0.15) is 0 Å². The molecule has 1 aromatic heterocycles. The average molecular weight is 248 g/mol. The molecular weight excluding hydrogens is 224 g/mol. The van der Waals surface area contributed by atoms with E-state index in [-0.39, 0.29) is 12.1 Å². The van der Waals surface area contributed by atoms with Crippen LogP contribution in [0, 0.1) is 5.92 Å². The van der Waals surface area contributed by atoms with Gasteiger partial charge in [0.1, 0.15) is 0 Å². The lowest BCUT2D eigenvalue weighted by atomic mass is 9.88. The first-order valence-corrected chi connectivity index (χ1v) is 6.97. The van der Waals surface area contributed by atoms with Gasteiger partial charge in [-0.3, -0.25) is 4.98 Å². The number of nitrogens with two attached hydrogens (primary N) is 1. The Balaban J connectivity index is 1.99. The monoisotopic (exact) mass is 248 g/mol. The molecule has 1 aromatic rings. The van der Waals surface area contributed by atoms with E-state index in [4.69, 9.17) is 10.5 Å². The SMILES string of the molecule is CC1CCC(OC(c2cccnc2)C(C)N)CC1. The van der Waals surface area contributed by atoms with Crippen LogP contribution in [0.2, 0.25) is 0 Å². The second-order valence-electron chi connectivity index (χ2n) is 5.58. The van der Waals surface area contributed by atoms with Crippen molar-refractivity contribution >= 4 is 0 Å². The number of aromatic nitrogens is 1. The second kappa shape index (κ2) is 6.30. The van der Waals surface area contributed by atoms with E-state index in [2.05, 4.69) is 11.9 Å². The smallest absolute Gasteiger partial charge is 0.0991 e. The van der Waals surface area contributed by atoms with Crippen molar-refractivity contribution in [3.63, 3.8) is 0 Å². The van der Waals surface area contributed by atoms with Crippen molar-refractivity contribution in [3.8, 4) is 0 Å². The van der Waals surface area contributed by atoms with Gasteiger partial charge in [0.05, 0.1) is 12.2 Å². The summed E-state index contributed by atoms with van der Waals surface area (Å²) in [5.41, 5.74) is 7.15. The fourth-order valence-electron chi connectivity index (χ4n) is 2.62. The van der Waals surface area contributed by atoms with Crippen LogP contribution in [0.1, 0.15) is 51.2 Å². The molecule has 2 rings (SSSR count). The molecule has 0 bridgehead atoms. The predicted octanol–water partition coefficient (Wildman–Crippen LogP) is 3.07. The zero-order valence-electron chi connectivity index (χ0n) is 11.4. The van der Waals surface area contributed by atoms with Gasteiger partial charge < -0.3 is 10.5 Å². The van der Waals surface area contributed by atoms with E-state index in [0.717, 1.165) is 24.3 Å². The molecule has 18 heavy (non-hydrogen) atoms. The molecule has 0 saturated heterocycles. The fourth-order valence-corrected chi connectivity index (χ4v) is 2.62. The molecule has 2 atom stereocenters. The Morgan fingerprint density at radius 2 is 2.06 bits per heavy atom. The van der Waals surface area contributed by atoms with Gasteiger partial charge in [0, 0.05) is 24.0 Å². The first-order valence-electron chi connectivity index (χ1n) is 6.97. The van der Waals surface area contributed by atoms with Crippen molar-refractivity contribution in [2.24, 2.45) is 11.7 Å². The highest BCUT2D eigenvalue weighted by atomic mass is 16.5. The molecule has 2 N–H and O–H groups in total. The maximum Gasteiger partial charge on any atom is 0.0991 e. The van der Waals surface area contributed by atoms with Crippen molar-refractivity contribution in [1.82, 2.24) is 4.98 Å². The molecule has 1 heterocycles. The number of ether oxygens (including phenoxy) is 1. The predicted molar refractivity (Wildman–Crippen MR) is 73.1 cm³/mol. The zero-order valence-corrected chi connectivity index (χ0v) is 11.4. The highest BCUT2D eigenvalue weighted by Gasteiger charge is 2.25. The number of hydrogen-bond acceptors (Lipinski definition) is 3. The minimum absolute atomic E-state index is 0.00597. The Morgan fingerprint density at radius 3 is 2.61 bits per heavy atom. The Morgan fingerprint density at radius 1 is 1.33 bits per heavy atom. The van der Waals surface area contributed by atoms with Crippen molar-refractivity contribution < 1.29 is 4.74 Å². The Hall–Kier alpha value is -0.930. The lowest BCUT2D eigenvalue weighted by Crippen LogP contribution is -2.32. The van der Waals surface area contributed by atoms with E-state index in [0.29, 0.717) is 6.10 Å². The van der Waals surface area contributed by atoms with Crippen LogP contribution >= 0.6 is 0 Å². The molecule has 100 valence electrons. The molecule has 0 radical (unpaired) electrons. The normalized spacial score (nSPS) is 27.7. The fraction of sp³-hybridized carbons (Fsp3) is 0.667. The summed E-state index contributed by atoms with van der Waals surface area (Å²) >= 11 is 0. The third kappa shape index (κ3) is 3.53. The van der Waals surface area contributed by atoms with Gasteiger partial charge >= 0.3 is 0 Å². The molecular formula is C15H24N2O. The summed E-state index contributed by atoms with van der Waals surface area (Å²) in [6.07, 6.45) is 8.82. The molecule has 3 heteroatoms. The maximum absolute atomic E-state index is 6.22. The van der Waals surface area contributed by atoms with Crippen LogP contribution in [-0.4, -0.2) is 17.1 Å². The first-order chi connectivity index (χ1) is 8.66. The van der Waals surface area contributed by atoms with Crippen LogP contribution in [-0.2, 0) is 4.74 Å². The van der Waals surface area contributed by atoms with Gasteiger partial charge in [-0.25, -0.2) is 0 Å². The molecule has 1 saturated carbocycles. The summed E-state index contributed by atoms with van der Waals surface area (Å²) in [5, 5.41) is 0. The largest absolute Gasteiger partial charge is 0.369 e. The van der Waals surface area contributed by atoms with Crippen LogP contribution in [0.3, 0.4) is 0 Å². The molecule has 3 nitrogen and oxygen atoms in total. The van der Waals surface area contributed by atoms with Crippen LogP contribution < -0.4 is 5.73 Å². The van der Waals surface area contributed by atoms with Crippen molar-refractivity contribution in [1.29, 1.82) is 0 Å². The Kier molecular flexibility index (Phi) is 4.72. The standard InChI is InChI=1S/C15H24N2O/c1-11-5-7-14(8-6-11)18-15(12(2)16)13-4-3-9-17-10-13/h3-4,9-12,14-15H,5-8,16H2,1-2H3. The second-order valence-corrected chi connectivity index (χ2v) is 5.58. The Bertz CT molecular complexity index is 345. The lowest BCUT2D eigenvalue weighted by Gasteiger charge is -2.31. The van der Waals surface area contributed by atoms with Crippen LogP contribution in [0.25, 0.3) is 0 Å². The van der Waals surface area contributed by atoms with E-state index in [1.165, 1.54) is 12.8 Å². The average Bonchev–Trinajstić information content (AvgIpc) is 2.38. The number of pyridine rings is 1. The highest BCUT2D eigenvalue weighted by Crippen LogP contribution is 2.30. The summed E-state index contributed by atoms with van der Waals surface area (Å²) in [7, 11) is 0. The van der Waals surface area contributed by atoms with E-state index < -0.39 is 0 Å². The molecule has 0 aliphatic heterocycles. The summed E-state index contributed by atoms with van der Waals surface area (Å²) < 4.78 is 6.22. The van der Waals surface area contributed by atoms with Gasteiger partial charge in [0.2, 0.25) is 0 Å². The van der Waals surface area contributed by atoms with Crippen LogP contribution in [0.4, 0.5) is 0 Å². The van der Waals surface area contributed by atoms with E-state index in [1.54, 1.807) is 6.20 Å². The molecule has 0 amide bonds. The van der Waals surface area contributed by atoms with E-state index in [9.17, 15) is 0 Å². The van der Waals surface area contributed by atoms with Crippen molar-refractivity contribution in [3.05, 3.63) is 30.1 Å². The van der Waals surface area contributed by atoms with Crippen molar-refractivity contribution in [2.45, 2.75) is 57.8 Å². The maximum atomic E-state index is 6.22. The minimum Gasteiger partial charge on any atom is -0.369 e. The number of hydrogen-bond donors (Lipinski definition) is 1. The number of rotatable bonds is 4. The zero-order chi connectivity index (χ0) is 13.0. The van der Waals surface area contributed by atoms with Crippen LogP contribution in [0.5, 0.6) is 0 Å².